The van der Waals surface area contributed by atoms with Gasteiger partial charge in [0.1, 0.15) is 5.82 Å². The van der Waals surface area contributed by atoms with E-state index in [1.54, 1.807) is 6.07 Å². The Labute approximate surface area is 162 Å². The topological polar surface area (TPSA) is 59.0 Å². The summed E-state index contributed by atoms with van der Waals surface area (Å²) >= 11 is 6.19. The molecule has 5 nitrogen and oxygen atoms in total. The van der Waals surface area contributed by atoms with Crippen LogP contribution in [0.25, 0.3) is 22.2 Å². The van der Waals surface area contributed by atoms with Crippen LogP contribution < -0.4 is 0 Å². The zero-order valence-corrected chi connectivity index (χ0v) is 15.6. The lowest BCUT2D eigenvalue weighted by atomic mass is 10.0. The molecule has 2 fully saturated rings. The van der Waals surface area contributed by atoms with Gasteiger partial charge in [-0.3, -0.25) is 4.79 Å². The first-order chi connectivity index (χ1) is 13.2. The van der Waals surface area contributed by atoms with Crippen LogP contribution in [-0.2, 0) is 0 Å². The Morgan fingerprint density at radius 1 is 1.07 bits per heavy atom. The molecule has 3 aromatic rings. The van der Waals surface area contributed by atoms with Crippen LogP contribution in [0.15, 0.2) is 36.7 Å². The fourth-order valence-corrected chi connectivity index (χ4v) is 3.81. The Morgan fingerprint density at radius 2 is 1.81 bits per heavy atom. The Hall–Kier alpha value is -2.53. The first-order valence-electron chi connectivity index (χ1n) is 9.41. The van der Waals surface area contributed by atoms with Gasteiger partial charge < -0.3 is 4.90 Å². The predicted octanol–water partition coefficient (Wildman–Crippen LogP) is 4.46. The first-order valence-corrected chi connectivity index (χ1v) is 9.79. The molecule has 0 N–H and O–H groups in total. The van der Waals surface area contributed by atoms with E-state index in [0.717, 1.165) is 53.9 Å². The van der Waals surface area contributed by atoms with Crippen molar-refractivity contribution in [1.82, 2.24) is 19.9 Å². The lowest BCUT2D eigenvalue weighted by Crippen LogP contribution is -2.27. The summed E-state index contributed by atoms with van der Waals surface area (Å²) in [6, 6.07) is 7.34. The van der Waals surface area contributed by atoms with E-state index in [1.807, 2.05) is 35.5 Å². The maximum absolute atomic E-state index is 13.1. The smallest absolute Gasteiger partial charge is 0.254 e. The van der Waals surface area contributed by atoms with Gasteiger partial charge in [0.05, 0.1) is 16.8 Å². The van der Waals surface area contributed by atoms with Gasteiger partial charge in [0.2, 0.25) is 0 Å². The minimum atomic E-state index is 0.0407. The van der Waals surface area contributed by atoms with Gasteiger partial charge >= 0.3 is 0 Å². The number of likely N-dealkylation sites (tertiary alicyclic amines) is 1. The molecule has 2 aromatic heterocycles. The molecule has 0 radical (unpaired) electrons. The average Bonchev–Trinajstić information content (AvgIpc) is 3.40. The number of aromatic nitrogens is 3. The van der Waals surface area contributed by atoms with E-state index >= 15 is 0 Å². The number of fused-ring (bicyclic) bond motifs is 1. The molecule has 1 aromatic carbocycles. The van der Waals surface area contributed by atoms with Crippen LogP contribution >= 0.6 is 11.6 Å². The summed E-state index contributed by atoms with van der Waals surface area (Å²) in [5.74, 6) is 1.46. The highest BCUT2D eigenvalue weighted by atomic mass is 35.5. The number of carbonyl (C=O) groups excluding carboxylic acids is 1. The van der Waals surface area contributed by atoms with Crippen LogP contribution in [-0.4, -0.2) is 38.8 Å². The second-order valence-corrected chi connectivity index (χ2v) is 7.76. The minimum Gasteiger partial charge on any atom is -0.339 e. The van der Waals surface area contributed by atoms with E-state index in [-0.39, 0.29) is 5.91 Å². The Kier molecular flexibility index (Phi) is 4.05. The predicted molar refractivity (Wildman–Crippen MR) is 105 cm³/mol. The SMILES string of the molecule is O=C(c1cc(-c2cnc(C3CC3)nc2)nc2ccc(Cl)cc12)N1CCCC1. The van der Waals surface area contributed by atoms with Gasteiger partial charge in [-0.1, -0.05) is 11.6 Å². The number of hydrogen-bond donors (Lipinski definition) is 0. The van der Waals surface area contributed by atoms with Crippen molar-refractivity contribution in [1.29, 1.82) is 0 Å². The standard InChI is InChI=1S/C21H19ClN4O/c22-15-5-6-18-16(9-15)17(21(27)26-7-1-2-8-26)10-19(25-18)14-11-23-20(24-12-14)13-3-4-13/h5-6,9-13H,1-4,7-8H2. The van der Waals surface area contributed by atoms with Gasteiger partial charge in [-0.05, 0) is 49.9 Å². The molecular formula is C21H19ClN4O. The summed E-state index contributed by atoms with van der Waals surface area (Å²) in [5, 5.41) is 1.39. The van der Waals surface area contributed by atoms with Crippen molar-refractivity contribution >= 4 is 28.4 Å². The highest BCUT2D eigenvalue weighted by Crippen LogP contribution is 2.38. The van der Waals surface area contributed by atoms with E-state index in [9.17, 15) is 4.79 Å². The third-order valence-corrected chi connectivity index (χ3v) is 5.54. The summed E-state index contributed by atoms with van der Waals surface area (Å²) in [5.41, 5.74) is 2.94. The average molecular weight is 379 g/mol. The van der Waals surface area contributed by atoms with Crippen LogP contribution in [0.3, 0.4) is 0 Å². The number of pyridine rings is 1. The van der Waals surface area contributed by atoms with Crippen molar-refractivity contribution in [3.63, 3.8) is 0 Å². The molecule has 5 rings (SSSR count). The second-order valence-electron chi connectivity index (χ2n) is 7.32. The van der Waals surface area contributed by atoms with Gasteiger partial charge in [-0.15, -0.1) is 0 Å². The molecule has 136 valence electrons. The molecule has 1 saturated heterocycles. The molecule has 1 aliphatic carbocycles. The first kappa shape index (κ1) is 16.6. The van der Waals surface area contributed by atoms with Gasteiger partial charge in [-0.25, -0.2) is 15.0 Å². The lowest BCUT2D eigenvalue weighted by Gasteiger charge is -2.17. The number of nitrogens with zero attached hydrogens (tertiary/aromatic N) is 4. The zero-order chi connectivity index (χ0) is 18.4. The molecule has 0 atom stereocenters. The highest BCUT2D eigenvalue weighted by Gasteiger charge is 2.26. The van der Waals surface area contributed by atoms with E-state index in [0.29, 0.717) is 16.5 Å². The van der Waals surface area contributed by atoms with Crippen LogP contribution in [0.2, 0.25) is 5.02 Å². The maximum Gasteiger partial charge on any atom is 0.254 e. The van der Waals surface area contributed by atoms with Crippen molar-refractivity contribution in [3.8, 4) is 11.3 Å². The van der Waals surface area contributed by atoms with Gasteiger partial charge in [-0.2, -0.15) is 0 Å². The van der Waals surface area contributed by atoms with Crippen LogP contribution in [0.5, 0.6) is 0 Å². The fourth-order valence-electron chi connectivity index (χ4n) is 3.64. The summed E-state index contributed by atoms with van der Waals surface area (Å²) < 4.78 is 0. The van der Waals surface area contributed by atoms with Gasteiger partial charge in [0, 0.05) is 47.4 Å². The van der Waals surface area contributed by atoms with Crippen LogP contribution in [0.4, 0.5) is 0 Å². The molecule has 1 saturated carbocycles. The number of amides is 1. The summed E-state index contributed by atoms with van der Waals surface area (Å²) in [6.07, 6.45) is 8.08. The molecular weight excluding hydrogens is 360 g/mol. The van der Waals surface area contributed by atoms with Crippen molar-refractivity contribution in [2.45, 2.75) is 31.6 Å². The van der Waals surface area contributed by atoms with E-state index in [2.05, 4.69) is 9.97 Å². The number of rotatable bonds is 3. The number of benzene rings is 1. The third kappa shape index (κ3) is 3.16. The minimum absolute atomic E-state index is 0.0407. The molecule has 0 spiro atoms. The van der Waals surface area contributed by atoms with Crippen molar-refractivity contribution in [3.05, 3.63) is 53.1 Å². The van der Waals surface area contributed by atoms with Crippen molar-refractivity contribution < 1.29 is 4.79 Å². The van der Waals surface area contributed by atoms with Crippen molar-refractivity contribution in [2.24, 2.45) is 0 Å². The molecule has 1 amide bonds. The summed E-state index contributed by atoms with van der Waals surface area (Å²) in [4.78, 5) is 28.8. The molecule has 6 heteroatoms. The molecule has 27 heavy (non-hydrogen) atoms. The quantitative estimate of drug-likeness (QED) is 0.675. The fraction of sp³-hybridized carbons (Fsp3) is 0.333. The number of hydrogen-bond acceptors (Lipinski definition) is 4. The number of carbonyl (C=O) groups is 1. The normalized spacial score (nSPS) is 16.9. The Bertz CT molecular complexity index is 1020. The molecule has 3 heterocycles. The van der Waals surface area contributed by atoms with Gasteiger partial charge in [0.25, 0.3) is 5.91 Å². The van der Waals surface area contributed by atoms with E-state index in [1.165, 1.54) is 12.8 Å². The molecule has 0 bridgehead atoms. The number of halogens is 1. The summed E-state index contributed by atoms with van der Waals surface area (Å²) in [6.45, 7) is 1.61. The molecule has 2 aliphatic rings. The zero-order valence-electron chi connectivity index (χ0n) is 14.9. The van der Waals surface area contributed by atoms with E-state index in [4.69, 9.17) is 16.6 Å². The van der Waals surface area contributed by atoms with Gasteiger partial charge in [0.15, 0.2) is 0 Å². The molecule has 1 aliphatic heterocycles. The largest absolute Gasteiger partial charge is 0.339 e. The highest BCUT2D eigenvalue weighted by molar-refractivity contribution is 6.31. The summed E-state index contributed by atoms with van der Waals surface area (Å²) in [7, 11) is 0. The van der Waals surface area contributed by atoms with Crippen LogP contribution in [0, 0.1) is 0 Å². The Balaban J connectivity index is 1.62. The molecule has 0 unspecified atom stereocenters. The Morgan fingerprint density at radius 3 is 2.52 bits per heavy atom. The van der Waals surface area contributed by atoms with Crippen molar-refractivity contribution in [2.75, 3.05) is 13.1 Å². The second kappa shape index (κ2) is 6.57. The lowest BCUT2D eigenvalue weighted by molar-refractivity contribution is 0.0794. The third-order valence-electron chi connectivity index (χ3n) is 5.30. The van der Waals surface area contributed by atoms with Crippen LogP contribution in [0.1, 0.15) is 47.8 Å². The maximum atomic E-state index is 13.1. The van der Waals surface area contributed by atoms with E-state index < -0.39 is 0 Å². The monoisotopic (exact) mass is 378 g/mol.